The molecule has 0 unspecified atom stereocenters. The number of nitrogens with zero attached hydrogens (tertiary/aromatic N) is 4. The molecule has 1 saturated heterocycles. The summed E-state index contributed by atoms with van der Waals surface area (Å²) in [6, 6.07) is 7.98. The second kappa shape index (κ2) is 8.30. The number of piperazine rings is 1. The fraction of sp³-hybridized carbons (Fsp3) is 0.455. The number of rotatable bonds is 3. The van der Waals surface area contributed by atoms with Crippen molar-refractivity contribution in [3.05, 3.63) is 52.3 Å². The standard InChI is InChI=1S/C22H27N5O3/c1-15-3-5-17(6-4-15)13-20(29)27-8-7-19-18(14-27)21(24-23-19)22(30)26-11-9-25(10-12-26)16(2)28/h3-6H,7-14H2,1-2H3,(H,23,24). The summed E-state index contributed by atoms with van der Waals surface area (Å²) in [5.74, 6) is -0.0512. The maximum absolute atomic E-state index is 13.0. The van der Waals surface area contributed by atoms with Crippen LogP contribution in [0.3, 0.4) is 0 Å². The summed E-state index contributed by atoms with van der Waals surface area (Å²) < 4.78 is 0. The van der Waals surface area contributed by atoms with Gasteiger partial charge in [-0.25, -0.2) is 0 Å². The average molecular weight is 409 g/mol. The quantitative estimate of drug-likeness (QED) is 0.824. The van der Waals surface area contributed by atoms with Gasteiger partial charge in [0.15, 0.2) is 5.69 Å². The van der Waals surface area contributed by atoms with Gasteiger partial charge >= 0.3 is 0 Å². The van der Waals surface area contributed by atoms with Crippen LogP contribution in [0.2, 0.25) is 0 Å². The smallest absolute Gasteiger partial charge is 0.274 e. The minimum absolute atomic E-state index is 0.0296. The Kier molecular flexibility index (Phi) is 5.57. The maximum Gasteiger partial charge on any atom is 0.274 e. The van der Waals surface area contributed by atoms with Gasteiger partial charge in [0.2, 0.25) is 11.8 Å². The average Bonchev–Trinajstić information content (AvgIpc) is 3.18. The lowest BCUT2D eigenvalue weighted by Gasteiger charge is -2.34. The Bertz CT molecular complexity index is 958. The van der Waals surface area contributed by atoms with E-state index >= 15 is 0 Å². The summed E-state index contributed by atoms with van der Waals surface area (Å²) in [4.78, 5) is 42.7. The highest BCUT2D eigenvalue weighted by molar-refractivity contribution is 5.94. The predicted molar refractivity (Wildman–Crippen MR) is 111 cm³/mol. The van der Waals surface area contributed by atoms with Crippen LogP contribution in [0.1, 0.15) is 39.8 Å². The molecule has 1 fully saturated rings. The monoisotopic (exact) mass is 409 g/mol. The number of carbonyl (C=O) groups is 3. The predicted octanol–water partition coefficient (Wildman–Crippen LogP) is 1.15. The molecule has 3 amide bonds. The van der Waals surface area contributed by atoms with Crippen molar-refractivity contribution in [3.8, 4) is 0 Å². The number of carbonyl (C=O) groups excluding carboxylic acids is 3. The van der Waals surface area contributed by atoms with Crippen molar-refractivity contribution in [1.29, 1.82) is 0 Å². The molecule has 158 valence electrons. The van der Waals surface area contributed by atoms with Crippen molar-refractivity contribution < 1.29 is 14.4 Å². The van der Waals surface area contributed by atoms with E-state index in [0.717, 1.165) is 16.8 Å². The first-order chi connectivity index (χ1) is 14.4. The van der Waals surface area contributed by atoms with E-state index in [1.54, 1.807) is 16.7 Å². The zero-order chi connectivity index (χ0) is 21.3. The number of hydrogen-bond donors (Lipinski definition) is 1. The molecule has 0 saturated carbocycles. The molecule has 8 heteroatoms. The first kappa shape index (κ1) is 20.1. The van der Waals surface area contributed by atoms with E-state index in [2.05, 4.69) is 10.2 Å². The summed E-state index contributed by atoms with van der Waals surface area (Å²) in [5, 5.41) is 7.27. The number of H-pyrrole nitrogens is 1. The molecular formula is C22H27N5O3. The number of fused-ring (bicyclic) bond motifs is 1. The summed E-state index contributed by atoms with van der Waals surface area (Å²) in [7, 11) is 0. The van der Waals surface area contributed by atoms with E-state index in [4.69, 9.17) is 0 Å². The van der Waals surface area contributed by atoms with Crippen LogP contribution in [0.25, 0.3) is 0 Å². The minimum Gasteiger partial charge on any atom is -0.339 e. The first-order valence-corrected chi connectivity index (χ1v) is 10.4. The number of aromatic nitrogens is 2. The third-order valence-corrected chi connectivity index (χ3v) is 5.98. The molecule has 4 rings (SSSR count). The molecule has 0 atom stereocenters. The summed E-state index contributed by atoms with van der Waals surface area (Å²) in [6.07, 6.45) is 1.01. The number of amides is 3. The maximum atomic E-state index is 13.0. The molecular weight excluding hydrogens is 382 g/mol. The third-order valence-electron chi connectivity index (χ3n) is 5.98. The van der Waals surface area contributed by atoms with Crippen LogP contribution in [-0.2, 0) is 29.0 Å². The number of aryl methyl sites for hydroxylation is 1. The van der Waals surface area contributed by atoms with Gasteiger partial charge in [0.1, 0.15) is 0 Å². The first-order valence-electron chi connectivity index (χ1n) is 10.4. The Balaban J connectivity index is 1.43. The summed E-state index contributed by atoms with van der Waals surface area (Å²) >= 11 is 0. The van der Waals surface area contributed by atoms with E-state index in [1.807, 2.05) is 36.1 Å². The summed E-state index contributed by atoms with van der Waals surface area (Å²) in [5.41, 5.74) is 4.30. The lowest BCUT2D eigenvalue weighted by molar-refractivity contribution is -0.131. The van der Waals surface area contributed by atoms with Crippen molar-refractivity contribution in [2.45, 2.75) is 33.2 Å². The molecule has 2 aliphatic rings. The lowest BCUT2D eigenvalue weighted by Crippen LogP contribution is -2.50. The van der Waals surface area contributed by atoms with Crippen LogP contribution in [0, 0.1) is 6.92 Å². The van der Waals surface area contributed by atoms with Crippen LogP contribution < -0.4 is 0 Å². The van der Waals surface area contributed by atoms with Crippen LogP contribution in [0.4, 0.5) is 0 Å². The van der Waals surface area contributed by atoms with Crippen molar-refractivity contribution in [3.63, 3.8) is 0 Å². The molecule has 2 aliphatic heterocycles. The van der Waals surface area contributed by atoms with Gasteiger partial charge in [0, 0.05) is 63.9 Å². The SMILES string of the molecule is CC(=O)N1CCN(C(=O)c2n[nH]c3c2CN(C(=O)Cc2ccc(C)cc2)CC3)CC1. The molecule has 3 heterocycles. The fourth-order valence-corrected chi connectivity index (χ4v) is 4.05. The van der Waals surface area contributed by atoms with Gasteiger partial charge in [0.25, 0.3) is 5.91 Å². The zero-order valence-electron chi connectivity index (χ0n) is 17.5. The Morgan fingerprint density at radius 2 is 1.63 bits per heavy atom. The Morgan fingerprint density at radius 3 is 2.30 bits per heavy atom. The molecule has 2 aromatic rings. The van der Waals surface area contributed by atoms with E-state index in [0.29, 0.717) is 57.8 Å². The molecule has 0 aliphatic carbocycles. The molecule has 1 aromatic heterocycles. The minimum atomic E-state index is -0.136. The van der Waals surface area contributed by atoms with E-state index in [1.165, 1.54) is 5.56 Å². The normalized spacial score (nSPS) is 16.4. The van der Waals surface area contributed by atoms with Gasteiger partial charge < -0.3 is 14.7 Å². The third kappa shape index (κ3) is 4.08. The largest absolute Gasteiger partial charge is 0.339 e. The second-order valence-electron chi connectivity index (χ2n) is 8.06. The van der Waals surface area contributed by atoms with Gasteiger partial charge in [-0.05, 0) is 12.5 Å². The van der Waals surface area contributed by atoms with Crippen molar-refractivity contribution >= 4 is 17.7 Å². The zero-order valence-corrected chi connectivity index (χ0v) is 17.5. The molecule has 1 aromatic carbocycles. The van der Waals surface area contributed by atoms with Crippen molar-refractivity contribution in [2.24, 2.45) is 0 Å². The highest BCUT2D eigenvalue weighted by Crippen LogP contribution is 2.23. The van der Waals surface area contributed by atoms with E-state index < -0.39 is 0 Å². The van der Waals surface area contributed by atoms with Crippen LogP contribution in [-0.4, -0.2) is 75.3 Å². The lowest BCUT2D eigenvalue weighted by atomic mass is 10.0. The summed E-state index contributed by atoms with van der Waals surface area (Å²) in [6.45, 7) is 6.64. The highest BCUT2D eigenvalue weighted by atomic mass is 16.2. The Morgan fingerprint density at radius 1 is 0.967 bits per heavy atom. The van der Waals surface area contributed by atoms with Gasteiger partial charge in [0.05, 0.1) is 6.42 Å². The van der Waals surface area contributed by atoms with Gasteiger partial charge in [-0.1, -0.05) is 29.8 Å². The highest BCUT2D eigenvalue weighted by Gasteiger charge is 2.31. The molecule has 1 N–H and O–H groups in total. The van der Waals surface area contributed by atoms with Crippen LogP contribution in [0.15, 0.2) is 24.3 Å². The van der Waals surface area contributed by atoms with Crippen LogP contribution >= 0.6 is 0 Å². The number of benzene rings is 1. The molecule has 0 radical (unpaired) electrons. The Labute approximate surface area is 175 Å². The molecule has 8 nitrogen and oxygen atoms in total. The van der Waals surface area contributed by atoms with Crippen LogP contribution in [0.5, 0.6) is 0 Å². The number of aromatic amines is 1. The van der Waals surface area contributed by atoms with Crippen molar-refractivity contribution in [2.75, 3.05) is 32.7 Å². The number of nitrogens with one attached hydrogen (secondary N) is 1. The van der Waals surface area contributed by atoms with E-state index in [-0.39, 0.29) is 17.7 Å². The van der Waals surface area contributed by atoms with Gasteiger partial charge in [-0.3, -0.25) is 19.5 Å². The second-order valence-corrected chi connectivity index (χ2v) is 8.06. The van der Waals surface area contributed by atoms with E-state index in [9.17, 15) is 14.4 Å². The van der Waals surface area contributed by atoms with Gasteiger partial charge in [-0.2, -0.15) is 5.10 Å². The fourth-order valence-electron chi connectivity index (χ4n) is 4.05. The molecule has 0 spiro atoms. The van der Waals surface area contributed by atoms with Gasteiger partial charge in [-0.15, -0.1) is 0 Å². The topological polar surface area (TPSA) is 89.6 Å². The Hall–Kier alpha value is -3.16. The molecule has 30 heavy (non-hydrogen) atoms. The number of hydrogen-bond acceptors (Lipinski definition) is 4. The van der Waals surface area contributed by atoms with Crippen molar-refractivity contribution in [1.82, 2.24) is 24.9 Å². The molecule has 0 bridgehead atoms.